The molecule has 0 aromatic heterocycles. The van der Waals surface area contributed by atoms with Crippen molar-refractivity contribution in [2.75, 3.05) is 13.2 Å². The van der Waals surface area contributed by atoms with Gasteiger partial charge in [-0.1, -0.05) is 233 Å². The van der Waals surface area contributed by atoms with Crippen molar-refractivity contribution in [3.8, 4) is 0 Å². The zero-order chi connectivity index (χ0) is 51.4. The number of allylic oxidation sites excluding steroid dienone is 18. The molecule has 0 rings (SSSR count). The van der Waals surface area contributed by atoms with Crippen molar-refractivity contribution < 1.29 is 28.6 Å². The number of hydrogen-bond acceptors (Lipinski definition) is 6. The predicted octanol–water partition coefficient (Wildman–Crippen LogP) is 19.9. The van der Waals surface area contributed by atoms with E-state index in [1.54, 1.807) is 0 Å². The van der Waals surface area contributed by atoms with E-state index in [2.05, 4.69) is 130 Å². The molecule has 0 aromatic carbocycles. The summed E-state index contributed by atoms with van der Waals surface area (Å²) in [7, 11) is 0. The molecule has 0 radical (unpaired) electrons. The van der Waals surface area contributed by atoms with Gasteiger partial charge in [-0.2, -0.15) is 0 Å². The third-order valence-corrected chi connectivity index (χ3v) is 12.2. The van der Waals surface area contributed by atoms with Crippen LogP contribution in [0.15, 0.2) is 109 Å². The average Bonchev–Trinajstić information content (AvgIpc) is 3.37. The molecule has 0 aromatic rings. The molecule has 0 amide bonds. The molecule has 0 aliphatic rings. The van der Waals surface area contributed by atoms with E-state index in [-0.39, 0.29) is 31.1 Å². The summed E-state index contributed by atoms with van der Waals surface area (Å²) in [5.41, 5.74) is 0. The van der Waals surface area contributed by atoms with Crippen LogP contribution in [-0.2, 0) is 28.6 Å². The van der Waals surface area contributed by atoms with Gasteiger partial charge in [-0.3, -0.25) is 14.4 Å². The summed E-state index contributed by atoms with van der Waals surface area (Å²) in [5.74, 6) is -0.940. The van der Waals surface area contributed by atoms with Crippen LogP contribution in [0.1, 0.15) is 265 Å². The average molecular weight is 986 g/mol. The number of carbonyl (C=O) groups is 3. The number of carbonyl (C=O) groups excluding carboxylic acids is 3. The lowest BCUT2D eigenvalue weighted by atomic mass is 10.0. The molecule has 1 atom stereocenters. The highest BCUT2D eigenvalue weighted by Gasteiger charge is 2.19. The summed E-state index contributed by atoms with van der Waals surface area (Å²) in [4.78, 5) is 38.1. The van der Waals surface area contributed by atoms with E-state index in [9.17, 15) is 14.4 Å². The van der Waals surface area contributed by atoms with Crippen molar-refractivity contribution in [3.05, 3.63) is 109 Å². The summed E-state index contributed by atoms with van der Waals surface area (Å²) >= 11 is 0. The Morgan fingerprint density at radius 1 is 0.296 bits per heavy atom. The van der Waals surface area contributed by atoms with E-state index in [0.717, 1.165) is 135 Å². The van der Waals surface area contributed by atoms with Crippen molar-refractivity contribution >= 4 is 17.9 Å². The Kier molecular flexibility index (Phi) is 55.4. The van der Waals surface area contributed by atoms with Crippen LogP contribution in [0.2, 0.25) is 0 Å². The smallest absolute Gasteiger partial charge is 0.306 e. The normalized spacial score (nSPS) is 12.9. The topological polar surface area (TPSA) is 78.9 Å². The van der Waals surface area contributed by atoms with Gasteiger partial charge in [0.15, 0.2) is 6.10 Å². The minimum Gasteiger partial charge on any atom is -0.462 e. The van der Waals surface area contributed by atoms with Crippen LogP contribution in [0.25, 0.3) is 0 Å². The molecule has 0 spiro atoms. The maximum absolute atomic E-state index is 12.8. The number of unbranched alkanes of at least 4 members (excludes halogenated alkanes) is 23. The molecule has 0 heterocycles. The van der Waals surface area contributed by atoms with E-state index in [4.69, 9.17) is 14.2 Å². The van der Waals surface area contributed by atoms with Gasteiger partial charge in [0.25, 0.3) is 0 Å². The molecule has 6 heteroatoms. The Balaban J connectivity index is 4.34. The molecular weight excluding hydrogens is 877 g/mol. The third-order valence-electron chi connectivity index (χ3n) is 12.2. The monoisotopic (exact) mass is 985 g/mol. The summed E-state index contributed by atoms with van der Waals surface area (Å²) in [6, 6.07) is 0. The summed E-state index contributed by atoms with van der Waals surface area (Å²) in [5, 5.41) is 0. The maximum atomic E-state index is 12.8. The maximum Gasteiger partial charge on any atom is 0.306 e. The molecule has 71 heavy (non-hydrogen) atoms. The molecule has 0 saturated carbocycles. The highest BCUT2D eigenvalue weighted by Crippen LogP contribution is 2.15. The lowest BCUT2D eigenvalue weighted by molar-refractivity contribution is -0.167. The van der Waals surface area contributed by atoms with E-state index in [1.165, 1.54) is 89.9 Å². The fourth-order valence-corrected chi connectivity index (χ4v) is 7.89. The number of rotatable bonds is 52. The summed E-state index contributed by atoms with van der Waals surface area (Å²) in [6.07, 6.45) is 79.4. The highest BCUT2D eigenvalue weighted by atomic mass is 16.6. The zero-order valence-electron chi connectivity index (χ0n) is 46.2. The minimum atomic E-state index is -0.800. The van der Waals surface area contributed by atoms with Gasteiger partial charge in [0.2, 0.25) is 0 Å². The summed E-state index contributed by atoms with van der Waals surface area (Å²) < 4.78 is 16.8. The first kappa shape index (κ1) is 67.1. The second kappa shape index (κ2) is 58.6. The quantitative estimate of drug-likeness (QED) is 0.0261. The molecule has 6 nitrogen and oxygen atoms in total. The van der Waals surface area contributed by atoms with Crippen LogP contribution in [0.4, 0.5) is 0 Å². The van der Waals surface area contributed by atoms with Gasteiger partial charge in [-0.05, 0) is 122 Å². The highest BCUT2D eigenvalue weighted by molar-refractivity contribution is 5.71. The van der Waals surface area contributed by atoms with Crippen LogP contribution < -0.4 is 0 Å². The fourth-order valence-electron chi connectivity index (χ4n) is 7.89. The van der Waals surface area contributed by atoms with Crippen molar-refractivity contribution in [1.29, 1.82) is 0 Å². The lowest BCUT2D eigenvalue weighted by Gasteiger charge is -2.18. The second-order valence-corrected chi connectivity index (χ2v) is 19.1. The molecule has 0 saturated heterocycles. The van der Waals surface area contributed by atoms with Crippen LogP contribution in [-0.4, -0.2) is 37.2 Å². The second-order valence-electron chi connectivity index (χ2n) is 19.1. The number of hydrogen-bond donors (Lipinski definition) is 0. The SMILES string of the molecule is CC/C=C\C/C=C\C/C=C\C/C=C\CCCCCCCCCCCCCCC(=O)OCC(COC(=O)CCCCC/C=C\C/C=C\C/C=C\CC)OC(=O)CCCCCCC/C=C\C/C=C\CCCCC. The molecule has 0 bridgehead atoms. The Hall–Kier alpha value is -3.93. The molecule has 404 valence electrons. The van der Waals surface area contributed by atoms with Crippen LogP contribution in [0, 0.1) is 0 Å². The van der Waals surface area contributed by atoms with E-state index in [0.29, 0.717) is 19.3 Å². The van der Waals surface area contributed by atoms with Gasteiger partial charge >= 0.3 is 17.9 Å². The van der Waals surface area contributed by atoms with Gasteiger partial charge < -0.3 is 14.2 Å². The van der Waals surface area contributed by atoms with E-state index >= 15 is 0 Å². The van der Waals surface area contributed by atoms with Crippen LogP contribution in [0.3, 0.4) is 0 Å². The number of ether oxygens (including phenoxy) is 3. The Morgan fingerprint density at radius 2 is 0.549 bits per heavy atom. The lowest BCUT2D eigenvalue weighted by Crippen LogP contribution is -2.30. The van der Waals surface area contributed by atoms with Crippen molar-refractivity contribution in [2.45, 2.75) is 271 Å². The molecule has 0 aliphatic carbocycles. The van der Waals surface area contributed by atoms with Crippen LogP contribution >= 0.6 is 0 Å². The van der Waals surface area contributed by atoms with Gasteiger partial charge in [0.1, 0.15) is 13.2 Å². The van der Waals surface area contributed by atoms with Gasteiger partial charge in [-0.25, -0.2) is 0 Å². The first-order valence-electron chi connectivity index (χ1n) is 29.4. The first-order valence-corrected chi connectivity index (χ1v) is 29.4. The minimum absolute atomic E-state index is 0.0950. The molecule has 0 N–H and O–H groups in total. The summed E-state index contributed by atoms with van der Waals surface area (Å²) in [6.45, 7) is 6.35. The standard InChI is InChI=1S/C65H108O6/c1-4-7-10-13-16-19-22-25-27-28-29-30-31-32-33-34-35-36-38-40-43-46-49-52-55-58-64(67)70-61-62(60-69-63(66)57-54-51-48-45-42-39-24-21-18-15-12-9-6-3)71-65(68)59-56-53-50-47-44-41-37-26-23-20-17-14-11-8-5-2/h7,9-10,12,16-21,25-27,29-30,37,39,42,62H,4-6,8,11,13-15,22-24,28,31-36,38,40-41,43-61H2,1-3H3/b10-7-,12-9-,19-16-,20-17-,21-18-,27-25-,30-29-,37-26-,42-39-. The van der Waals surface area contributed by atoms with Crippen molar-refractivity contribution in [3.63, 3.8) is 0 Å². The molecule has 1 unspecified atom stereocenters. The van der Waals surface area contributed by atoms with Crippen molar-refractivity contribution in [1.82, 2.24) is 0 Å². The van der Waals surface area contributed by atoms with Gasteiger partial charge in [0, 0.05) is 19.3 Å². The fraction of sp³-hybridized carbons (Fsp3) is 0.677. The number of esters is 3. The van der Waals surface area contributed by atoms with Gasteiger partial charge in [-0.15, -0.1) is 0 Å². The Labute approximate surface area is 438 Å². The zero-order valence-corrected chi connectivity index (χ0v) is 46.2. The van der Waals surface area contributed by atoms with E-state index in [1.807, 2.05) is 0 Å². The van der Waals surface area contributed by atoms with E-state index < -0.39 is 6.10 Å². The Bertz CT molecular complexity index is 1460. The largest absolute Gasteiger partial charge is 0.462 e. The predicted molar refractivity (Wildman–Crippen MR) is 307 cm³/mol. The van der Waals surface area contributed by atoms with Crippen molar-refractivity contribution in [2.24, 2.45) is 0 Å². The molecule has 0 fully saturated rings. The Morgan fingerprint density at radius 3 is 0.873 bits per heavy atom. The first-order chi connectivity index (χ1) is 35.0. The molecule has 0 aliphatic heterocycles. The molecular formula is C65H108O6. The van der Waals surface area contributed by atoms with Crippen LogP contribution in [0.5, 0.6) is 0 Å². The third kappa shape index (κ3) is 56.9. The van der Waals surface area contributed by atoms with Gasteiger partial charge in [0.05, 0.1) is 0 Å².